The molecule has 3 rings (SSSR count). The molecule has 19 heavy (non-hydrogen) atoms. The van der Waals surface area contributed by atoms with Crippen LogP contribution in [0.4, 0.5) is 5.69 Å². The van der Waals surface area contributed by atoms with Crippen LogP contribution in [0.1, 0.15) is 43.9 Å². The van der Waals surface area contributed by atoms with Crippen LogP contribution in [-0.4, -0.2) is 22.1 Å². The molecular weight excluding hydrogens is 234 g/mol. The molecule has 0 bridgehead atoms. The van der Waals surface area contributed by atoms with Crippen LogP contribution in [-0.2, 0) is 0 Å². The smallest absolute Gasteiger partial charge is 0.103 e. The molecule has 1 atom stereocenters. The van der Waals surface area contributed by atoms with E-state index in [2.05, 4.69) is 54.0 Å². The monoisotopic (exact) mass is 257 g/mol. The molecule has 2 heterocycles. The van der Waals surface area contributed by atoms with Crippen molar-refractivity contribution in [2.45, 2.75) is 58.7 Å². The van der Waals surface area contributed by atoms with E-state index in [1.165, 1.54) is 36.9 Å². The molecule has 0 aromatic carbocycles. The van der Waals surface area contributed by atoms with Crippen LogP contribution in [0.25, 0.3) is 0 Å². The van der Waals surface area contributed by atoms with Crippen LogP contribution in [0.5, 0.6) is 0 Å². The number of aromatic nitrogens is 1. The summed E-state index contributed by atoms with van der Waals surface area (Å²) in [7, 11) is 0. The summed E-state index contributed by atoms with van der Waals surface area (Å²) in [6.07, 6.45) is 12.2. The number of rotatable bonds is 2. The first kappa shape index (κ1) is 12.5. The summed E-state index contributed by atoms with van der Waals surface area (Å²) >= 11 is 0. The molecule has 102 valence electrons. The first-order valence-electron chi connectivity index (χ1n) is 7.35. The second-order valence-electron chi connectivity index (χ2n) is 5.78. The minimum Gasteiger partial charge on any atom is -0.353 e. The zero-order valence-corrected chi connectivity index (χ0v) is 12.1. The van der Waals surface area contributed by atoms with Crippen LogP contribution in [0.2, 0.25) is 0 Å². The Hall–Kier alpha value is -1.51. The minimum atomic E-state index is 0.407. The molecule has 3 nitrogen and oxygen atoms in total. The van der Waals surface area contributed by atoms with Gasteiger partial charge in [-0.3, -0.25) is 4.98 Å². The molecular formula is C16H23N3. The summed E-state index contributed by atoms with van der Waals surface area (Å²) < 4.78 is 0. The van der Waals surface area contributed by atoms with E-state index in [-0.39, 0.29) is 0 Å². The fourth-order valence-corrected chi connectivity index (χ4v) is 3.51. The second-order valence-corrected chi connectivity index (χ2v) is 5.78. The summed E-state index contributed by atoms with van der Waals surface area (Å²) in [6.45, 7) is 6.56. The van der Waals surface area contributed by atoms with Gasteiger partial charge in [-0.2, -0.15) is 0 Å². The van der Waals surface area contributed by atoms with Crippen LogP contribution in [0.3, 0.4) is 0 Å². The third-order valence-electron chi connectivity index (χ3n) is 4.55. The topological polar surface area (TPSA) is 19.4 Å². The van der Waals surface area contributed by atoms with E-state index < -0.39 is 0 Å². The average molecular weight is 257 g/mol. The normalized spacial score (nSPS) is 23.6. The summed E-state index contributed by atoms with van der Waals surface area (Å²) in [6, 6.07) is 2.83. The van der Waals surface area contributed by atoms with Crippen molar-refractivity contribution >= 4 is 5.69 Å². The highest BCUT2D eigenvalue weighted by molar-refractivity contribution is 5.59. The lowest BCUT2D eigenvalue weighted by atomic mass is 10.1. The fourth-order valence-electron chi connectivity index (χ4n) is 3.51. The number of pyridine rings is 1. The van der Waals surface area contributed by atoms with Gasteiger partial charge in [-0.15, -0.1) is 0 Å². The van der Waals surface area contributed by atoms with E-state index >= 15 is 0 Å². The maximum absolute atomic E-state index is 4.45. The Labute approximate surface area is 115 Å². The van der Waals surface area contributed by atoms with Crippen molar-refractivity contribution in [1.29, 1.82) is 0 Å². The van der Waals surface area contributed by atoms with Gasteiger partial charge in [0, 0.05) is 24.6 Å². The predicted molar refractivity (Wildman–Crippen MR) is 78.9 cm³/mol. The highest BCUT2D eigenvalue weighted by Gasteiger charge is 2.31. The maximum Gasteiger partial charge on any atom is 0.103 e. The van der Waals surface area contributed by atoms with E-state index in [4.69, 9.17) is 0 Å². The molecule has 1 fully saturated rings. The van der Waals surface area contributed by atoms with E-state index in [0.717, 1.165) is 11.7 Å². The van der Waals surface area contributed by atoms with Crippen LogP contribution in [0.15, 0.2) is 24.7 Å². The van der Waals surface area contributed by atoms with E-state index in [1.54, 1.807) is 0 Å². The highest BCUT2D eigenvalue weighted by atomic mass is 15.4. The van der Waals surface area contributed by atoms with Gasteiger partial charge in [-0.1, -0.05) is 12.8 Å². The van der Waals surface area contributed by atoms with Gasteiger partial charge in [-0.25, -0.2) is 0 Å². The zero-order chi connectivity index (χ0) is 13.4. The van der Waals surface area contributed by atoms with Gasteiger partial charge in [0.05, 0.1) is 11.4 Å². The average Bonchev–Trinajstić information content (AvgIpc) is 3.00. The molecule has 0 N–H and O–H groups in total. The van der Waals surface area contributed by atoms with Gasteiger partial charge in [-0.05, 0) is 45.2 Å². The summed E-state index contributed by atoms with van der Waals surface area (Å²) in [5.41, 5.74) is 3.69. The third-order valence-corrected chi connectivity index (χ3v) is 4.55. The Morgan fingerprint density at radius 1 is 1.16 bits per heavy atom. The fraction of sp³-hybridized carbons (Fsp3) is 0.562. The highest BCUT2D eigenvalue weighted by Crippen LogP contribution is 2.34. The number of hydrogen-bond acceptors (Lipinski definition) is 3. The molecule has 0 saturated heterocycles. The number of hydrogen-bond donors (Lipinski definition) is 0. The van der Waals surface area contributed by atoms with Crippen molar-refractivity contribution in [3.05, 3.63) is 35.9 Å². The number of aryl methyl sites for hydroxylation is 2. The Bertz CT molecular complexity index is 469. The van der Waals surface area contributed by atoms with Crippen LogP contribution >= 0.6 is 0 Å². The summed E-state index contributed by atoms with van der Waals surface area (Å²) in [5, 5.41) is 0. The SMILES string of the molecule is Cc1ccnc(C)c1N1C=CN(C2CCCC2)[C@H]1C. The summed E-state index contributed by atoms with van der Waals surface area (Å²) in [4.78, 5) is 9.35. The van der Waals surface area contributed by atoms with Gasteiger partial charge in [0.2, 0.25) is 0 Å². The molecule has 2 aliphatic rings. The number of nitrogens with zero attached hydrogens (tertiary/aromatic N) is 3. The molecule has 3 heteroatoms. The van der Waals surface area contributed by atoms with Gasteiger partial charge in [0.1, 0.15) is 6.17 Å². The second kappa shape index (κ2) is 4.87. The van der Waals surface area contributed by atoms with Gasteiger partial charge in [0.15, 0.2) is 0 Å². The largest absolute Gasteiger partial charge is 0.353 e. The third kappa shape index (κ3) is 2.11. The van der Waals surface area contributed by atoms with Gasteiger partial charge in [0.25, 0.3) is 0 Å². The lowest BCUT2D eigenvalue weighted by Crippen LogP contribution is -2.41. The lowest BCUT2D eigenvalue weighted by molar-refractivity contribution is 0.237. The van der Waals surface area contributed by atoms with E-state index in [1.807, 2.05) is 6.20 Å². The molecule has 1 saturated carbocycles. The molecule has 0 amide bonds. The van der Waals surface area contributed by atoms with E-state index in [0.29, 0.717) is 6.17 Å². The summed E-state index contributed by atoms with van der Waals surface area (Å²) in [5.74, 6) is 0. The molecule has 1 aliphatic carbocycles. The van der Waals surface area contributed by atoms with Crippen molar-refractivity contribution in [3.8, 4) is 0 Å². The predicted octanol–water partition coefficient (Wildman–Crippen LogP) is 3.58. The molecule has 0 spiro atoms. The molecule has 0 unspecified atom stereocenters. The Morgan fingerprint density at radius 3 is 2.58 bits per heavy atom. The van der Waals surface area contributed by atoms with Crippen molar-refractivity contribution in [3.63, 3.8) is 0 Å². The van der Waals surface area contributed by atoms with Crippen molar-refractivity contribution in [2.24, 2.45) is 0 Å². The van der Waals surface area contributed by atoms with Crippen molar-refractivity contribution in [2.75, 3.05) is 4.90 Å². The zero-order valence-electron chi connectivity index (χ0n) is 12.1. The lowest BCUT2D eigenvalue weighted by Gasteiger charge is -2.34. The molecule has 1 aromatic rings. The Balaban J connectivity index is 1.86. The van der Waals surface area contributed by atoms with Gasteiger partial charge >= 0.3 is 0 Å². The maximum atomic E-state index is 4.45. The standard InChI is InChI=1S/C16H23N3/c1-12-8-9-17-13(2)16(12)19-11-10-18(14(19)3)15-6-4-5-7-15/h8-11,14-15H,4-7H2,1-3H3/t14-/m1/s1. The Morgan fingerprint density at radius 2 is 1.89 bits per heavy atom. The van der Waals surface area contributed by atoms with Crippen LogP contribution in [0, 0.1) is 13.8 Å². The number of anilines is 1. The first-order valence-corrected chi connectivity index (χ1v) is 7.35. The molecule has 1 aromatic heterocycles. The van der Waals surface area contributed by atoms with Gasteiger partial charge < -0.3 is 9.80 Å². The molecule has 0 radical (unpaired) electrons. The quantitative estimate of drug-likeness (QED) is 0.807. The molecule has 1 aliphatic heterocycles. The Kier molecular flexibility index (Phi) is 3.21. The first-order chi connectivity index (χ1) is 9.18. The van der Waals surface area contributed by atoms with Crippen LogP contribution < -0.4 is 4.90 Å². The minimum absolute atomic E-state index is 0.407. The van der Waals surface area contributed by atoms with Crippen molar-refractivity contribution < 1.29 is 0 Å². The van der Waals surface area contributed by atoms with Crippen molar-refractivity contribution in [1.82, 2.24) is 9.88 Å². The van der Waals surface area contributed by atoms with E-state index in [9.17, 15) is 0 Å².